The highest BCUT2D eigenvalue weighted by Crippen LogP contribution is 2.47. The van der Waals surface area contributed by atoms with Gasteiger partial charge < -0.3 is 10.6 Å². The van der Waals surface area contributed by atoms with Crippen LogP contribution in [0.5, 0.6) is 0 Å². The maximum atomic E-state index is 12.8. The van der Waals surface area contributed by atoms with Crippen LogP contribution in [0.1, 0.15) is 50.5 Å². The Bertz CT molecular complexity index is 693. The second kappa shape index (κ2) is 6.87. The van der Waals surface area contributed by atoms with Crippen molar-refractivity contribution in [2.75, 3.05) is 37.7 Å². The average molecular weight is 369 g/mol. The molecule has 1 aromatic carbocycles. The van der Waals surface area contributed by atoms with Gasteiger partial charge in [-0.3, -0.25) is 14.6 Å². The number of hydrogen-bond donors (Lipinski definition) is 1. The standard InChI is InChI=1S/C22H32N4O/c23-19-8-14-25-16-26(21(27)20(19)25)18-6-4-17(5-7-18)22(9-3-10-22)11-15-24-12-1-2-13-24/h4-7,19-20H,1-3,8-16,23H2/t19-,20+/m1/s1. The third-order valence-corrected chi connectivity index (χ3v) is 7.60. The Morgan fingerprint density at radius 3 is 2.41 bits per heavy atom. The molecule has 5 nitrogen and oxygen atoms in total. The van der Waals surface area contributed by atoms with Gasteiger partial charge >= 0.3 is 0 Å². The van der Waals surface area contributed by atoms with Crippen LogP contribution in [-0.4, -0.2) is 60.6 Å². The number of carbonyl (C=O) groups excluding carboxylic acids is 1. The summed E-state index contributed by atoms with van der Waals surface area (Å²) in [6.45, 7) is 5.43. The van der Waals surface area contributed by atoms with Gasteiger partial charge in [0.25, 0.3) is 0 Å². The lowest BCUT2D eigenvalue weighted by molar-refractivity contribution is -0.119. The minimum absolute atomic E-state index is 0.00870. The maximum Gasteiger partial charge on any atom is 0.247 e. The number of nitrogens with two attached hydrogens (primary N) is 1. The second-order valence-corrected chi connectivity index (χ2v) is 9.10. The van der Waals surface area contributed by atoms with E-state index in [0.717, 1.165) is 18.7 Å². The molecule has 3 aliphatic heterocycles. The van der Waals surface area contributed by atoms with Crippen LogP contribution >= 0.6 is 0 Å². The number of hydrogen-bond acceptors (Lipinski definition) is 4. The molecule has 0 bridgehead atoms. The molecule has 4 aliphatic rings. The fourth-order valence-electron chi connectivity index (χ4n) is 5.66. The molecule has 1 aromatic rings. The van der Waals surface area contributed by atoms with Crippen LogP contribution in [-0.2, 0) is 10.2 Å². The average Bonchev–Trinajstić information content (AvgIpc) is 3.35. The van der Waals surface area contributed by atoms with Crippen LogP contribution in [0.25, 0.3) is 0 Å². The van der Waals surface area contributed by atoms with Crippen molar-refractivity contribution in [1.29, 1.82) is 0 Å². The fraction of sp³-hybridized carbons (Fsp3) is 0.682. The number of rotatable bonds is 5. The van der Waals surface area contributed by atoms with E-state index in [-0.39, 0.29) is 18.0 Å². The monoisotopic (exact) mass is 368 g/mol. The molecule has 0 radical (unpaired) electrons. The summed E-state index contributed by atoms with van der Waals surface area (Å²) in [5.74, 6) is 0.181. The van der Waals surface area contributed by atoms with Gasteiger partial charge in [0.15, 0.2) is 0 Å². The number of anilines is 1. The maximum absolute atomic E-state index is 12.8. The minimum Gasteiger partial charge on any atom is -0.326 e. The zero-order chi connectivity index (χ0) is 18.4. The molecule has 3 heterocycles. The smallest absolute Gasteiger partial charge is 0.247 e. The number of amides is 1. The van der Waals surface area contributed by atoms with Gasteiger partial charge in [0.05, 0.1) is 6.67 Å². The van der Waals surface area contributed by atoms with E-state index in [1.807, 2.05) is 4.90 Å². The minimum atomic E-state index is -0.108. The lowest BCUT2D eigenvalue weighted by atomic mass is 9.62. The number of likely N-dealkylation sites (tertiary alicyclic amines) is 1. The van der Waals surface area contributed by atoms with Crippen LogP contribution in [0, 0.1) is 0 Å². The molecule has 5 heteroatoms. The summed E-state index contributed by atoms with van der Waals surface area (Å²) in [7, 11) is 0. The van der Waals surface area contributed by atoms with Crippen molar-refractivity contribution < 1.29 is 4.79 Å². The van der Waals surface area contributed by atoms with E-state index in [1.165, 1.54) is 63.7 Å². The molecule has 1 amide bonds. The number of benzene rings is 1. The lowest BCUT2D eigenvalue weighted by Gasteiger charge is -2.43. The van der Waals surface area contributed by atoms with Crippen molar-refractivity contribution in [2.45, 2.75) is 62.4 Å². The van der Waals surface area contributed by atoms with Crippen LogP contribution in [0.4, 0.5) is 5.69 Å². The predicted molar refractivity (Wildman–Crippen MR) is 108 cm³/mol. The zero-order valence-corrected chi connectivity index (χ0v) is 16.3. The first-order valence-electron chi connectivity index (χ1n) is 10.8. The number of fused-ring (bicyclic) bond motifs is 1. The normalized spacial score (nSPS) is 30.7. The first-order valence-corrected chi connectivity index (χ1v) is 10.8. The van der Waals surface area contributed by atoms with Crippen molar-refractivity contribution in [3.8, 4) is 0 Å². The molecule has 2 N–H and O–H groups in total. The summed E-state index contributed by atoms with van der Waals surface area (Å²) >= 11 is 0. The van der Waals surface area contributed by atoms with Crippen LogP contribution in [0.2, 0.25) is 0 Å². The molecule has 5 rings (SSSR count). The third-order valence-electron chi connectivity index (χ3n) is 7.60. The van der Waals surface area contributed by atoms with Crippen molar-refractivity contribution in [1.82, 2.24) is 9.80 Å². The summed E-state index contributed by atoms with van der Waals surface area (Å²) in [5, 5.41) is 0. The highest BCUT2D eigenvalue weighted by Gasteiger charge is 2.46. The van der Waals surface area contributed by atoms with Gasteiger partial charge in [0.1, 0.15) is 6.04 Å². The summed E-state index contributed by atoms with van der Waals surface area (Å²) in [6, 6.07) is 8.78. The van der Waals surface area contributed by atoms with Crippen molar-refractivity contribution in [2.24, 2.45) is 5.73 Å². The van der Waals surface area contributed by atoms with Gasteiger partial charge in [-0.05, 0) is 81.3 Å². The molecule has 1 saturated carbocycles. The first-order chi connectivity index (χ1) is 13.2. The lowest BCUT2D eigenvalue weighted by Crippen LogP contribution is -2.41. The Hall–Kier alpha value is -1.43. The van der Waals surface area contributed by atoms with Gasteiger partial charge in [-0.1, -0.05) is 18.6 Å². The number of nitrogens with zero attached hydrogens (tertiary/aromatic N) is 3. The van der Waals surface area contributed by atoms with Gasteiger partial charge in [-0.15, -0.1) is 0 Å². The largest absolute Gasteiger partial charge is 0.326 e. The van der Waals surface area contributed by atoms with Gasteiger partial charge in [0, 0.05) is 18.3 Å². The molecular formula is C22H32N4O. The predicted octanol–water partition coefficient (Wildman–Crippen LogP) is 2.30. The summed E-state index contributed by atoms with van der Waals surface area (Å²) in [5.41, 5.74) is 9.02. The first kappa shape index (κ1) is 17.7. The number of carbonyl (C=O) groups is 1. The molecule has 4 fully saturated rings. The van der Waals surface area contributed by atoms with Crippen LogP contribution in [0.15, 0.2) is 24.3 Å². The van der Waals surface area contributed by atoms with E-state index in [1.54, 1.807) is 0 Å². The highest BCUT2D eigenvalue weighted by molar-refractivity contribution is 6.00. The third kappa shape index (κ3) is 3.00. The van der Waals surface area contributed by atoms with E-state index >= 15 is 0 Å². The molecule has 27 heavy (non-hydrogen) atoms. The van der Waals surface area contributed by atoms with Crippen LogP contribution in [0.3, 0.4) is 0 Å². The Morgan fingerprint density at radius 1 is 1.04 bits per heavy atom. The van der Waals surface area contributed by atoms with E-state index in [0.29, 0.717) is 12.1 Å². The van der Waals surface area contributed by atoms with Crippen molar-refractivity contribution in [3.63, 3.8) is 0 Å². The van der Waals surface area contributed by atoms with Gasteiger partial charge in [-0.2, -0.15) is 0 Å². The molecular weight excluding hydrogens is 336 g/mol. The molecule has 0 spiro atoms. The molecule has 0 aromatic heterocycles. The molecule has 146 valence electrons. The molecule has 1 aliphatic carbocycles. The van der Waals surface area contributed by atoms with E-state index < -0.39 is 0 Å². The Kier molecular flexibility index (Phi) is 4.49. The van der Waals surface area contributed by atoms with Gasteiger partial charge in [0.2, 0.25) is 5.91 Å². The summed E-state index contributed by atoms with van der Waals surface area (Å²) in [6.07, 6.45) is 8.92. The molecule has 2 atom stereocenters. The topological polar surface area (TPSA) is 52.8 Å². The van der Waals surface area contributed by atoms with Crippen LogP contribution < -0.4 is 10.6 Å². The van der Waals surface area contributed by atoms with E-state index in [9.17, 15) is 4.79 Å². The molecule has 0 unspecified atom stereocenters. The van der Waals surface area contributed by atoms with Gasteiger partial charge in [-0.25, -0.2) is 0 Å². The Labute approximate surface area is 162 Å². The quantitative estimate of drug-likeness (QED) is 0.866. The second-order valence-electron chi connectivity index (χ2n) is 9.10. The van der Waals surface area contributed by atoms with Crippen molar-refractivity contribution >= 4 is 11.6 Å². The molecule has 3 saturated heterocycles. The Morgan fingerprint density at radius 2 is 1.78 bits per heavy atom. The summed E-state index contributed by atoms with van der Waals surface area (Å²) in [4.78, 5) is 19.6. The fourth-order valence-corrected chi connectivity index (χ4v) is 5.66. The highest BCUT2D eigenvalue weighted by atomic mass is 16.2. The summed E-state index contributed by atoms with van der Waals surface area (Å²) < 4.78 is 0. The zero-order valence-electron chi connectivity index (χ0n) is 16.3. The van der Waals surface area contributed by atoms with E-state index in [4.69, 9.17) is 5.73 Å². The van der Waals surface area contributed by atoms with E-state index in [2.05, 4.69) is 34.1 Å². The van der Waals surface area contributed by atoms with Crippen molar-refractivity contribution in [3.05, 3.63) is 29.8 Å². The Balaban J connectivity index is 1.29. The SMILES string of the molecule is N[C@@H]1CCN2CN(c3ccc(C4(CCN5CCCC5)CCC4)cc3)C(=O)[C@H]12.